The molecule has 0 bridgehead atoms. The molecule has 0 aromatic carbocycles. The van der Waals surface area contributed by atoms with Crippen LogP contribution in [0, 0.1) is 35.5 Å². The highest BCUT2D eigenvalue weighted by atomic mass is 16.5. The number of carbonyl (C=O) groups excluding carboxylic acids is 2. The van der Waals surface area contributed by atoms with Gasteiger partial charge in [0.05, 0.1) is 0 Å². The van der Waals surface area contributed by atoms with Gasteiger partial charge in [-0.3, -0.25) is 0 Å². The molecule has 0 heterocycles. The number of ether oxygens (including phenoxy) is 2. The van der Waals surface area contributed by atoms with Crippen LogP contribution in [0.2, 0.25) is 0 Å². The molecule has 0 radical (unpaired) electrons. The predicted molar refractivity (Wildman–Crippen MR) is 208 cm³/mol. The first-order chi connectivity index (χ1) is 22.8. The van der Waals surface area contributed by atoms with Gasteiger partial charge < -0.3 is 9.47 Å². The molecule has 0 aliphatic heterocycles. The SMILES string of the molecule is CC(=CCOC(=O)/C=C/C(=O)OCC=C(C)CCCC(C)CCCC(C)CCCC(C)C)CCCC(C)CCCC(C)CCCC(C)C. The monoisotopic (exact) mass is 673 g/mol. The summed E-state index contributed by atoms with van der Waals surface area (Å²) in [4.78, 5) is 24.1. The summed E-state index contributed by atoms with van der Waals surface area (Å²) in [5.41, 5.74) is 2.48. The Bertz CT molecular complexity index is 824. The van der Waals surface area contributed by atoms with Gasteiger partial charge in [0.2, 0.25) is 0 Å². The van der Waals surface area contributed by atoms with Gasteiger partial charge in [-0.25, -0.2) is 9.59 Å². The average molecular weight is 673 g/mol. The van der Waals surface area contributed by atoms with Crippen molar-refractivity contribution in [3.63, 3.8) is 0 Å². The Morgan fingerprint density at radius 1 is 0.438 bits per heavy atom. The molecule has 0 rings (SSSR count). The normalized spacial score (nSPS) is 15.2. The summed E-state index contributed by atoms with van der Waals surface area (Å²) in [6.07, 6.45) is 29.3. The highest BCUT2D eigenvalue weighted by Gasteiger charge is 2.09. The van der Waals surface area contributed by atoms with E-state index in [4.69, 9.17) is 9.47 Å². The molecule has 48 heavy (non-hydrogen) atoms. The summed E-state index contributed by atoms with van der Waals surface area (Å²) in [6.45, 7) is 23.5. The van der Waals surface area contributed by atoms with Gasteiger partial charge in [-0.05, 0) is 87.2 Å². The lowest BCUT2D eigenvalue weighted by Gasteiger charge is -2.15. The maximum atomic E-state index is 12.0. The van der Waals surface area contributed by atoms with Crippen molar-refractivity contribution in [2.45, 2.75) is 185 Å². The molecule has 0 aliphatic carbocycles. The van der Waals surface area contributed by atoms with E-state index in [0.717, 1.165) is 60.5 Å². The summed E-state index contributed by atoms with van der Waals surface area (Å²) in [5, 5.41) is 0. The van der Waals surface area contributed by atoms with E-state index < -0.39 is 11.9 Å². The van der Waals surface area contributed by atoms with E-state index in [1.54, 1.807) is 0 Å². The molecule has 0 amide bonds. The highest BCUT2D eigenvalue weighted by molar-refractivity contribution is 5.91. The van der Waals surface area contributed by atoms with Crippen molar-refractivity contribution in [3.8, 4) is 0 Å². The van der Waals surface area contributed by atoms with Gasteiger partial charge in [-0.2, -0.15) is 0 Å². The maximum absolute atomic E-state index is 12.0. The Labute approximate surface area is 299 Å². The van der Waals surface area contributed by atoms with Crippen LogP contribution < -0.4 is 0 Å². The van der Waals surface area contributed by atoms with Crippen LogP contribution in [0.25, 0.3) is 0 Å². The molecule has 0 aromatic rings. The van der Waals surface area contributed by atoms with E-state index in [1.807, 2.05) is 12.2 Å². The second kappa shape index (κ2) is 30.0. The first-order valence-electron chi connectivity index (χ1n) is 20.1. The van der Waals surface area contributed by atoms with E-state index in [-0.39, 0.29) is 13.2 Å². The van der Waals surface area contributed by atoms with Crippen molar-refractivity contribution < 1.29 is 19.1 Å². The Balaban J connectivity index is 3.98. The second-order valence-electron chi connectivity index (χ2n) is 16.4. The Morgan fingerprint density at radius 2 is 0.708 bits per heavy atom. The van der Waals surface area contributed by atoms with Crippen molar-refractivity contribution in [3.05, 3.63) is 35.5 Å². The molecule has 0 saturated heterocycles. The zero-order chi connectivity index (χ0) is 36.2. The van der Waals surface area contributed by atoms with E-state index in [0.29, 0.717) is 0 Å². The van der Waals surface area contributed by atoms with Gasteiger partial charge in [-0.15, -0.1) is 0 Å². The highest BCUT2D eigenvalue weighted by Crippen LogP contribution is 2.23. The van der Waals surface area contributed by atoms with Crippen molar-refractivity contribution in [2.24, 2.45) is 35.5 Å². The maximum Gasteiger partial charge on any atom is 0.331 e. The molecule has 0 spiro atoms. The zero-order valence-corrected chi connectivity index (χ0v) is 33.5. The van der Waals surface area contributed by atoms with Gasteiger partial charge >= 0.3 is 11.9 Å². The minimum Gasteiger partial charge on any atom is -0.458 e. The molecular formula is C44H80O4. The summed E-state index contributed by atoms with van der Waals surface area (Å²) >= 11 is 0. The van der Waals surface area contributed by atoms with Crippen molar-refractivity contribution in [2.75, 3.05) is 13.2 Å². The van der Waals surface area contributed by atoms with E-state index in [9.17, 15) is 9.59 Å². The third kappa shape index (κ3) is 31.4. The Hall–Kier alpha value is -1.84. The van der Waals surface area contributed by atoms with Gasteiger partial charge in [-0.1, -0.05) is 156 Å². The van der Waals surface area contributed by atoms with E-state index in [2.05, 4.69) is 69.2 Å². The fraction of sp³-hybridized carbons (Fsp3) is 0.818. The minimum atomic E-state index is -0.524. The van der Waals surface area contributed by atoms with Crippen LogP contribution in [-0.2, 0) is 19.1 Å². The third-order valence-corrected chi connectivity index (χ3v) is 9.95. The predicted octanol–water partition coefficient (Wildman–Crippen LogP) is 13.4. The molecule has 0 saturated carbocycles. The number of hydrogen-bond acceptors (Lipinski definition) is 4. The van der Waals surface area contributed by atoms with Gasteiger partial charge in [0.25, 0.3) is 0 Å². The topological polar surface area (TPSA) is 52.6 Å². The van der Waals surface area contributed by atoms with Crippen LogP contribution in [-0.4, -0.2) is 25.2 Å². The first-order valence-corrected chi connectivity index (χ1v) is 20.1. The molecular weight excluding hydrogens is 592 g/mol. The van der Waals surface area contributed by atoms with Crippen LogP contribution in [0.3, 0.4) is 0 Å². The molecule has 4 nitrogen and oxygen atoms in total. The standard InChI is InChI=1S/C44H80O4/c1-35(2)17-11-19-37(5)21-13-23-39(7)25-15-27-41(9)31-33-47-43(45)29-30-44(46)48-34-32-42(10)28-16-26-40(8)24-14-22-38(6)20-12-18-36(3)4/h29-32,35-40H,11-28,33-34H2,1-10H3/b30-29+,41-31?,42-32?. The Morgan fingerprint density at radius 3 is 1.00 bits per heavy atom. The van der Waals surface area contributed by atoms with Crippen LogP contribution in [0.15, 0.2) is 35.5 Å². The molecule has 4 unspecified atom stereocenters. The van der Waals surface area contributed by atoms with E-state index in [1.165, 1.54) is 114 Å². The lowest BCUT2D eigenvalue weighted by atomic mass is 9.91. The first kappa shape index (κ1) is 46.2. The number of allylic oxidation sites excluding steroid dienone is 2. The third-order valence-electron chi connectivity index (χ3n) is 9.95. The second-order valence-corrected chi connectivity index (χ2v) is 16.4. The van der Waals surface area contributed by atoms with Crippen molar-refractivity contribution in [1.29, 1.82) is 0 Å². The number of carbonyl (C=O) groups is 2. The number of esters is 2. The molecule has 0 N–H and O–H groups in total. The number of rotatable bonds is 30. The van der Waals surface area contributed by atoms with Crippen LogP contribution in [0.4, 0.5) is 0 Å². The molecule has 4 heteroatoms. The summed E-state index contributed by atoms with van der Waals surface area (Å²) in [6, 6.07) is 0. The molecule has 0 aromatic heterocycles. The van der Waals surface area contributed by atoms with Crippen LogP contribution in [0.1, 0.15) is 185 Å². The minimum absolute atomic E-state index is 0.229. The van der Waals surface area contributed by atoms with Crippen LogP contribution >= 0.6 is 0 Å². The molecule has 0 fully saturated rings. The molecule has 4 atom stereocenters. The van der Waals surface area contributed by atoms with E-state index >= 15 is 0 Å². The average Bonchev–Trinajstić information content (AvgIpc) is 2.99. The van der Waals surface area contributed by atoms with Crippen LogP contribution in [0.5, 0.6) is 0 Å². The fourth-order valence-corrected chi connectivity index (χ4v) is 6.38. The summed E-state index contributed by atoms with van der Waals surface area (Å²) in [7, 11) is 0. The van der Waals surface area contributed by atoms with Gasteiger partial charge in [0.1, 0.15) is 13.2 Å². The lowest BCUT2D eigenvalue weighted by Crippen LogP contribution is -2.05. The smallest absolute Gasteiger partial charge is 0.331 e. The molecule has 280 valence electrons. The molecule has 0 aliphatic rings. The van der Waals surface area contributed by atoms with Crippen molar-refractivity contribution >= 4 is 11.9 Å². The quantitative estimate of drug-likeness (QED) is 0.0433. The summed E-state index contributed by atoms with van der Waals surface area (Å²) in [5.74, 6) is 3.82. The van der Waals surface area contributed by atoms with Crippen molar-refractivity contribution in [1.82, 2.24) is 0 Å². The van der Waals surface area contributed by atoms with Gasteiger partial charge in [0, 0.05) is 12.2 Å². The Kier molecular flexibility index (Phi) is 28.9. The number of hydrogen-bond donors (Lipinski definition) is 0. The summed E-state index contributed by atoms with van der Waals surface area (Å²) < 4.78 is 10.5. The largest absolute Gasteiger partial charge is 0.458 e. The lowest BCUT2D eigenvalue weighted by molar-refractivity contribution is -0.139. The van der Waals surface area contributed by atoms with Gasteiger partial charge in [0.15, 0.2) is 0 Å². The fourth-order valence-electron chi connectivity index (χ4n) is 6.38. The zero-order valence-electron chi connectivity index (χ0n) is 33.5.